The molecule has 0 radical (unpaired) electrons. The minimum Gasteiger partial charge on any atom is -0.508 e. The van der Waals surface area contributed by atoms with Gasteiger partial charge in [0.1, 0.15) is 5.75 Å². The van der Waals surface area contributed by atoms with Gasteiger partial charge < -0.3 is 14.7 Å². The topological polar surface area (TPSA) is 32.7 Å². The third kappa shape index (κ3) is 5.29. The minimum atomic E-state index is 0.329. The lowest BCUT2D eigenvalue weighted by Crippen LogP contribution is -2.36. The lowest BCUT2D eigenvalue weighted by Gasteiger charge is -2.28. The fraction of sp³-hybridized carbons (Fsp3) is 0.294. The molecule has 1 aliphatic rings. The van der Waals surface area contributed by atoms with Crippen LogP contribution in [0.25, 0.3) is 0 Å². The van der Waals surface area contributed by atoms with E-state index in [1.54, 1.807) is 12.1 Å². The first-order valence-corrected chi connectivity index (χ1v) is 7.37. The molecule has 1 aliphatic heterocycles. The highest BCUT2D eigenvalue weighted by Gasteiger charge is 2.10. The maximum atomic E-state index is 8.76. The van der Waals surface area contributed by atoms with Crippen molar-refractivity contribution in [1.29, 1.82) is 0 Å². The molecule has 3 nitrogen and oxygen atoms in total. The molecule has 0 aliphatic carbocycles. The standard InChI is InChI=1S/C10H12ClNO.C7H8O/c11-9-1-3-10(4-2-9)12-5-7-13-8-6-12;1-6-2-4-7(8)5-3-6/h1-4H,5-8H2;2-5,8H,1H3. The van der Waals surface area contributed by atoms with Crippen LogP contribution in [0.15, 0.2) is 48.5 Å². The molecule has 1 saturated heterocycles. The van der Waals surface area contributed by atoms with E-state index >= 15 is 0 Å². The molecule has 1 fully saturated rings. The summed E-state index contributed by atoms with van der Waals surface area (Å²) in [5, 5.41) is 9.55. The predicted octanol–water partition coefficient (Wildman–Crippen LogP) is 3.88. The van der Waals surface area contributed by atoms with Gasteiger partial charge in [0.05, 0.1) is 13.2 Å². The van der Waals surface area contributed by atoms with Crippen molar-refractivity contribution in [2.45, 2.75) is 6.92 Å². The summed E-state index contributed by atoms with van der Waals surface area (Å²) < 4.78 is 5.28. The van der Waals surface area contributed by atoms with Crippen LogP contribution >= 0.6 is 11.6 Å². The maximum absolute atomic E-state index is 8.76. The quantitative estimate of drug-likeness (QED) is 0.868. The normalized spacial score (nSPS) is 14.3. The van der Waals surface area contributed by atoms with E-state index in [2.05, 4.69) is 4.90 Å². The average molecular weight is 306 g/mol. The third-order valence-corrected chi connectivity index (χ3v) is 3.49. The van der Waals surface area contributed by atoms with Gasteiger partial charge in [-0.3, -0.25) is 0 Å². The largest absolute Gasteiger partial charge is 0.508 e. The van der Waals surface area contributed by atoms with Crippen LogP contribution < -0.4 is 4.90 Å². The summed E-state index contributed by atoms with van der Waals surface area (Å²) in [5.41, 5.74) is 2.40. The van der Waals surface area contributed by atoms with Crippen molar-refractivity contribution in [2.24, 2.45) is 0 Å². The monoisotopic (exact) mass is 305 g/mol. The Balaban J connectivity index is 0.000000173. The van der Waals surface area contributed by atoms with E-state index in [1.165, 1.54) is 11.3 Å². The highest BCUT2D eigenvalue weighted by atomic mass is 35.5. The maximum Gasteiger partial charge on any atom is 0.115 e. The number of hydrogen-bond acceptors (Lipinski definition) is 3. The van der Waals surface area contributed by atoms with Gasteiger partial charge in [-0.1, -0.05) is 29.3 Å². The van der Waals surface area contributed by atoms with Crippen molar-refractivity contribution in [1.82, 2.24) is 0 Å². The van der Waals surface area contributed by atoms with Crippen LogP contribution in [0.2, 0.25) is 5.02 Å². The second-order valence-electron chi connectivity index (χ2n) is 4.91. The van der Waals surface area contributed by atoms with Crippen molar-refractivity contribution >= 4 is 17.3 Å². The molecule has 0 atom stereocenters. The molecule has 0 amide bonds. The van der Waals surface area contributed by atoms with E-state index in [9.17, 15) is 0 Å². The average Bonchev–Trinajstić information content (AvgIpc) is 2.52. The van der Waals surface area contributed by atoms with Crippen LogP contribution in [-0.2, 0) is 4.74 Å². The second kappa shape index (κ2) is 7.91. The SMILES string of the molecule is Cc1ccc(O)cc1.Clc1ccc(N2CCOCC2)cc1. The van der Waals surface area contributed by atoms with E-state index in [0.29, 0.717) is 5.75 Å². The number of ether oxygens (including phenoxy) is 1. The molecule has 112 valence electrons. The number of hydrogen-bond donors (Lipinski definition) is 1. The smallest absolute Gasteiger partial charge is 0.115 e. The van der Waals surface area contributed by atoms with Crippen LogP contribution in [0.5, 0.6) is 5.75 Å². The highest BCUT2D eigenvalue weighted by Crippen LogP contribution is 2.18. The summed E-state index contributed by atoms with van der Waals surface area (Å²) in [7, 11) is 0. The van der Waals surface area contributed by atoms with Crippen molar-refractivity contribution < 1.29 is 9.84 Å². The zero-order valence-electron chi connectivity index (χ0n) is 12.1. The van der Waals surface area contributed by atoms with Crippen LogP contribution in [0.1, 0.15) is 5.56 Å². The Morgan fingerprint density at radius 2 is 1.52 bits per heavy atom. The Bertz CT molecular complexity index is 513. The Kier molecular flexibility index (Phi) is 5.90. The van der Waals surface area contributed by atoms with E-state index in [-0.39, 0.29) is 0 Å². The van der Waals surface area contributed by atoms with E-state index in [0.717, 1.165) is 31.3 Å². The van der Waals surface area contributed by atoms with Crippen molar-refractivity contribution in [3.8, 4) is 5.75 Å². The lowest BCUT2D eigenvalue weighted by atomic mass is 10.2. The summed E-state index contributed by atoms with van der Waals surface area (Å²) in [6.45, 7) is 5.58. The first kappa shape index (κ1) is 15.7. The summed E-state index contributed by atoms with van der Waals surface area (Å²) in [6, 6.07) is 15.0. The molecule has 3 rings (SSSR count). The number of nitrogens with zero attached hydrogens (tertiary/aromatic N) is 1. The molecule has 0 bridgehead atoms. The predicted molar refractivity (Wildman–Crippen MR) is 87.3 cm³/mol. The van der Waals surface area contributed by atoms with Crippen molar-refractivity contribution in [2.75, 3.05) is 31.2 Å². The number of phenols is 1. The Morgan fingerprint density at radius 3 is 2.05 bits per heavy atom. The first-order chi connectivity index (χ1) is 10.1. The molecule has 0 unspecified atom stereocenters. The first-order valence-electron chi connectivity index (χ1n) is 6.99. The minimum absolute atomic E-state index is 0.329. The lowest BCUT2D eigenvalue weighted by molar-refractivity contribution is 0.122. The van der Waals surface area contributed by atoms with Crippen molar-refractivity contribution in [3.05, 3.63) is 59.1 Å². The van der Waals surface area contributed by atoms with E-state index in [1.807, 2.05) is 43.3 Å². The zero-order valence-corrected chi connectivity index (χ0v) is 12.9. The van der Waals surface area contributed by atoms with Crippen molar-refractivity contribution in [3.63, 3.8) is 0 Å². The number of halogens is 1. The van der Waals surface area contributed by atoms with Crippen LogP contribution in [0.3, 0.4) is 0 Å². The molecule has 1 N–H and O–H groups in total. The van der Waals surface area contributed by atoms with Gasteiger partial charge in [-0.25, -0.2) is 0 Å². The summed E-state index contributed by atoms with van der Waals surface area (Å²) in [4.78, 5) is 2.31. The van der Waals surface area contributed by atoms with Crippen LogP contribution in [0, 0.1) is 6.92 Å². The zero-order chi connectivity index (χ0) is 15.1. The molecule has 2 aromatic carbocycles. The van der Waals surface area contributed by atoms with Gasteiger partial charge in [0, 0.05) is 23.8 Å². The molecular weight excluding hydrogens is 286 g/mol. The van der Waals surface area contributed by atoms with Gasteiger partial charge in [0.25, 0.3) is 0 Å². The number of aromatic hydroxyl groups is 1. The Hall–Kier alpha value is -1.71. The van der Waals surface area contributed by atoms with Gasteiger partial charge in [-0.2, -0.15) is 0 Å². The van der Waals surface area contributed by atoms with Gasteiger partial charge in [0.15, 0.2) is 0 Å². The molecule has 2 aromatic rings. The number of morpholine rings is 1. The molecule has 0 aromatic heterocycles. The number of rotatable bonds is 1. The second-order valence-corrected chi connectivity index (χ2v) is 5.35. The summed E-state index contributed by atoms with van der Waals surface area (Å²) >= 11 is 5.81. The Labute approximate surface area is 130 Å². The number of phenolic OH excluding ortho intramolecular Hbond substituents is 1. The van der Waals surface area contributed by atoms with E-state index < -0.39 is 0 Å². The van der Waals surface area contributed by atoms with Crippen LogP contribution in [-0.4, -0.2) is 31.4 Å². The van der Waals surface area contributed by atoms with Crippen LogP contribution in [0.4, 0.5) is 5.69 Å². The Morgan fingerprint density at radius 1 is 0.952 bits per heavy atom. The fourth-order valence-electron chi connectivity index (χ4n) is 2.02. The molecular formula is C17H20ClNO2. The molecule has 4 heteroatoms. The summed E-state index contributed by atoms with van der Waals surface area (Å²) in [6.07, 6.45) is 0. The van der Waals surface area contributed by atoms with Gasteiger partial charge in [-0.05, 0) is 43.3 Å². The number of aryl methyl sites for hydroxylation is 1. The van der Waals surface area contributed by atoms with E-state index in [4.69, 9.17) is 21.4 Å². The molecule has 1 heterocycles. The third-order valence-electron chi connectivity index (χ3n) is 3.24. The molecule has 0 saturated carbocycles. The highest BCUT2D eigenvalue weighted by molar-refractivity contribution is 6.30. The van der Waals surface area contributed by atoms with Gasteiger partial charge in [0.2, 0.25) is 0 Å². The van der Waals surface area contributed by atoms with Gasteiger partial charge >= 0.3 is 0 Å². The molecule has 0 spiro atoms. The number of benzene rings is 2. The number of anilines is 1. The van der Waals surface area contributed by atoms with Gasteiger partial charge in [-0.15, -0.1) is 0 Å². The molecule has 21 heavy (non-hydrogen) atoms. The fourth-order valence-corrected chi connectivity index (χ4v) is 2.14. The summed E-state index contributed by atoms with van der Waals surface area (Å²) in [5.74, 6) is 0.329.